The second-order valence-electron chi connectivity index (χ2n) is 3.21. The van der Waals surface area contributed by atoms with E-state index in [9.17, 15) is 14.6 Å². The number of aromatic hydroxyl groups is 1. The third-order valence-corrected chi connectivity index (χ3v) is 2.72. The number of likely N-dealkylation sites (N-methyl/N-ethyl adjacent to an activating group) is 1. The summed E-state index contributed by atoms with van der Waals surface area (Å²) in [6.07, 6.45) is -1.14. The number of methoxy groups -OCH3 is 1. The number of rotatable bonds is 4. The van der Waals surface area contributed by atoms with E-state index in [0.29, 0.717) is 0 Å². The van der Waals surface area contributed by atoms with Crippen molar-refractivity contribution in [2.45, 2.75) is 6.10 Å². The number of benzene rings is 1. The number of aliphatic hydroxyl groups is 1. The van der Waals surface area contributed by atoms with Crippen molar-refractivity contribution in [2.75, 3.05) is 20.7 Å². The second-order valence-corrected chi connectivity index (χ2v) is 4.06. The Hall–Kier alpha value is -0.850. The lowest BCUT2D eigenvalue weighted by molar-refractivity contribution is 0.167. The molecule has 0 saturated heterocycles. The van der Waals surface area contributed by atoms with Crippen LogP contribution in [0.5, 0.6) is 11.5 Å². The SMILES string of the molecule is CNCC(O)c1c(O)c(OC)cc(Br)c1F. The number of halogens is 2. The van der Waals surface area contributed by atoms with Crippen LogP contribution >= 0.6 is 15.9 Å². The highest BCUT2D eigenvalue weighted by molar-refractivity contribution is 9.10. The van der Waals surface area contributed by atoms with Crippen molar-refractivity contribution in [3.8, 4) is 11.5 Å². The molecule has 0 aliphatic heterocycles. The fourth-order valence-electron chi connectivity index (χ4n) is 1.37. The number of aliphatic hydroxyl groups excluding tert-OH is 1. The van der Waals surface area contributed by atoms with Gasteiger partial charge in [0.1, 0.15) is 5.82 Å². The number of hydrogen-bond donors (Lipinski definition) is 3. The highest BCUT2D eigenvalue weighted by Gasteiger charge is 2.23. The molecule has 1 aromatic carbocycles. The molecule has 0 aliphatic rings. The summed E-state index contributed by atoms with van der Waals surface area (Å²) in [6, 6.07) is 1.31. The molecular formula is C10H13BrFNO3. The number of phenols is 1. The van der Waals surface area contributed by atoms with Gasteiger partial charge in [0.05, 0.1) is 23.2 Å². The molecule has 90 valence electrons. The smallest absolute Gasteiger partial charge is 0.166 e. The van der Waals surface area contributed by atoms with Gasteiger partial charge in [0, 0.05) is 12.6 Å². The topological polar surface area (TPSA) is 61.7 Å². The molecule has 0 radical (unpaired) electrons. The monoisotopic (exact) mass is 293 g/mol. The van der Waals surface area contributed by atoms with Gasteiger partial charge in [0.15, 0.2) is 11.5 Å². The van der Waals surface area contributed by atoms with Crippen LogP contribution in [0.25, 0.3) is 0 Å². The first-order valence-electron chi connectivity index (χ1n) is 4.60. The van der Waals surface area contributed by atoms with Crippen LogP contribution in [0.4, 0.5) is 4.39 Å². The molecule has 1 atom stereocenters. The summed E-state index contributed by atoms with van der Waals surface area (Å²) in [7, 11) is 2.97. The van der Waals surface area contributed by atoms with Gasteiger partial charge in [0.2, 0.25) is 0 Å². The van der Waals surface area contributed by atoms with Gasteiger partial charge in [-0.25, -0.2) is 4.39 Å². The van der Waals surface area contributed by atoms with Gasteiger partial charge in [-0.2, -0.15) is 0 Å². The molecular weight excluding hydrogens is 281 g/mol. The average molecular weight is 294 g/mol. The molecule has 1 unspecified atom stereocenters. The first-order valence-corrected chi connectivity index (χ1v) is 5.39. The van der Waals surface area contributed by atoms with Crippen molar-refractivity contribution in [2.24, 2.45) is 0 Å². The number of nitrogens with one attached hydrogen (secondary N) is 1. The van der Waals surface area contributed by atoms with E-state index >= 15 is 0 Å². The minimum Gasteiger partial charge on any atom is -0.504 e. The Morgan fingerprint density at radius 2 is 2.25 bits per heavy atom. The lowest BCUT2D eigenvalue weighted by Crippen LogP contribution is -2.18. The quantitative estimate of drug-likeness (QED) is 0.788. The van der Waals surface area contributed by atoms with Crippen molar-refractivity contribution in [3.63, 3.8) is 0 Å². The summed E-state index contributed by atoms with van der Waals surface area (Å²) < 4.78 is 18.7. The van der Waals surface area contributed by atoms with Crippen molar-refractivity contribution in [1.29, 1.82) is 0 Å². The predicted molar refractivity (Wildman–Crippen MR) is 61.2 cm³/mol. The Kier molecular flexibility index (Phi) is 4.52. The Bertz CT molecular complexity index is 387. The maximum absolute atomic E-state index is 13.7. The molecule has 0 fully saturated rings. The van der Waals surface area contributed by atoms with E-state index in [1.165, 1.54) is 13.2 Å². The van der Waals surface area contributed by atoms with E-state index < -0.39 is 11.9 Å². The zero-order valence-corrected chi connectivity index (χ0v) is 10.5. The van der Waals surface area contributed by atoms with Gasteiger partial charge >= 0.3 is 0 Å². The van der Waals surface area contributed by atoms with Gasteiger partial charge in [-0.1, -0.05) is 0 Å². The summed E-state index contributed by atoms with van der Waals surface area (Å²) in [5, 5.41) is 22.1. The zero-order valence-electron chi connectivity index (χ0n) is 8.92. The van der Waals surface area contributed by atoms with E-state index in [1.54, 1.807) is 7.05 Å². The van der Waals surface area contributed by atoms with E-state index in [-0.39, 0.29) is 28.1 Å². The van der Waals surface area contributed by atoms with Gasteiger partial charge < -0.3 is 20.3 Å². The van der Waals surface area contributed by atoms with Crippen LogP contribution in [0.1, 0.15) is 11.7 Å². The van der Waals surface area contributed by atoms with Crippen LogP contribution in [0.15, 0.2) is 10.5 Å². The van der Waals surface area contributed by atoms with Crippen LogP contribution in [0.3, 0.4) is 0 Å². The van der Waals surface area contributed by atoms with Crippen LogP contribution in [0.2, 0.25) is 0 Å². The third-order valence-electron chi connectivity index (χ3n) is 2.14. The summed E-state index contributed by atoms with van der Waals surface area (Å²) in [6.45, 7) is 0.129. The lowest BCUT2D eigenvalue weighted by atomic mass is 10.1. The molecule has 16 heavy (non-hydrogen) atoms. The molecule has 1 aromatic rings. The van der Waals surface area contributed by atoms with E-state index in [1.807, 2.05) is 0 Å². The summed E-state index contributed by atoms with van der Waals surface area (Å²) in [4.78, 5) is 0. The Morgan fingerprint density at radius 3 is 2.75 bits per heavy atom. The molecule has 1 rings (SSSR count). The highest BCUT2D eigenvalue weighted by Crippen LogP contribution is 2.39. The molecule has 0 aliphatic carbocycles. The molecule has 4 nitrogen and oxygen atoms in total. The van der Waals surface area contributed by atoms with Crippen molar-refractivity contribution in [3.05, 3.63) is 21.9 Å². The van der Waals surface area contributed by atoms with Gasteiger partial charge in [-0.05, 0) is 23.0 Å². The van der Waals surface area contributed by atoms with Crippen LogP contribution in [-0.2, 0) is 0 Å². The minimum atomic E-state index is -1.14. The molecule has 3 N–H and O–H groups in total. The standard InChI is InChI=1S/C10H13BrFNO3/c1-13-4-6(14)8-9(12)5(11)3-7(16-2)10(8)15/h3,6,13-15H,4H2,1-2H3. The molecule has 0 heterocycles. The molecule has 6 heteroatoms. The number of phenolic OH excluding ortho intramolecular Hbond substituents is 1. The molecule has 0 saturated carbocycles. The summed E-state index contributed by atoms with van der Waals surface area (Å²) in [5.74, 6) is -0.967. The highest BCUT2D eigenvalue weighted by atomic mass is 79.9. The molecule has 0 bridgehead atoms. The van der Waals surface area contributed by atoms with Crippen molar-refractivity contribution < 1.29 is 19.3 Å². The molecule has 0 amide bonds. The maximum atomic E-state index is 13.7. The third kappa shape index (κ3) is 2.45. The first kappa shape index (κ1) is 13.2. The summed E-state index contributed by atoms with van der Waals surface area (Å²) >= 11 is 2.99. The molecule has 0 aromatic heterocycles. The minimum absolute atomic E-state index is 0.110. The molecule has 0 spiro atoms. The Balaban J connectivity index is 3.29. The van der Waals surface area contributed by atoms with Crippen LogP contribution < -0.4 is 10.1 Å². The van der Waals surface area contributed by atoms with E-state index in [2.05, 4.69) is 21.2 Å². The fourth-order valence-corrected chi connectivity index (χ4v) is 1.79. The normalized spacial score (nSPS) is 12.6. The first-order chi connectivity index (χ1) is 7.52. The number of ether oxygens (including phenoxy) is 1. The van der Waals surface area contributed by atoms with Crippen molar-refractivity contribution >= 4 is 15.9 Å². The van der Waals surface area contributed by atoms with Gasteiger partial charge in [-0.15, -0.1) is 0 Å². The van der Waals surface area contributed by atoms with Gasteiger partial charge in [0.25, 0.3) is 0 Å². The van der Waals surface area contributed by atoms with E-state index in [0.717, 1.165) is 0 Å². The second kappa shape index (κ2) is 5.47. The van der Waals surface area contributed by atoms with Gasteiger partial charge in [-0.3, -0.25) is 0 Å². The Labute approximate surface area is 101 Å². The zero-order chi connectivity index (χ0) is 12.3. The predicted octanol–water partition coefficient (Wildman–Crippen LogP) is 1.56. The van der Waals surface area contributed by atoms with E-state index in [4.69, 9.17) is 4.74 Å². The maximum Gasteiger partial charge on any atom is 0.166 e. The Morgan fingerprint density at radius 1 is 1.62 bits per heavy atom. The fraction of sp³-hybridized carbons (Fsp3) is 0.400. The van der Waals surface area contributed by atoms with Crippen molar-refractivity contribution in [1.82, 2.24) is 5.32 Å². The number of hydrogen-bond acceptors (Lipinski definition) is 4. The van der Waals surface area contributed by atoms with Crippen LogP contribution in [0, 0.1) is 5.82 Å². The lowest BCUT2D eigenvalue weighted by Gasteiger charge is -2.16. The van der Waals surface area contributed by atoms with Crippen LogP contribution in [-0.4, -0.2) is 30.9 Å². The largest absolute Gasteiger partial charge is 0.504 e. The average Bonchev–Trinajstić information content (AvgIpc) is 2.24. The summed E-state index contributed by atoms with van der Waals surface area (Å²) in [5.41, 5.74) is -0.180.